The number of rotatable bonds is 4. The van der Waals surface area contributed by atoms with Gasteiger partial charge in [-0.15, -0.1) is 0 Å². The molecule has 0 spiro atoms. The maximum absolute atomic E-state index is 13.2. The van der Waals surface area contributed by atoms with Gasteiger partial charge in [0.25, 0.3) is 0 Å². The van der Waals surface area contributed by atoms with Crippen LogP contribution in [0.1, 0.15) is 31.0 Å². The number of carbonyl (C=O) groups excluding carboxylic acids is 1. The Balaban J connectivity index is 2.49. The number of hydrogen-bond donors (Lipinski definition) is 1. The maximum Gasteiger partial charge on any atom is 0.242 e. The molecule has 0 heterocycles. The van der Waals surface area contributed by atoms with Gasteiger partial charge in [0.05, 0.1) is 11.6 Å². The molecule has 0 bridgehead atoms. The molecule has 0 fully saturated rings. The molecule has 0 radical (unpaired) electrons. The lowest BCUT2D eigenvalue weighted by Gasteiger charge is -2.33. The largest absolute Gasteiger partial charge is 0.333 e. The van der Waals surface area contributed by atoms with Crippen LogP contribution in [0.3, 0.4) is 0 Å². The second kappa shape index (κ2) is 6.46. The Kier molecular flexibility index (Phi) is 4.80. The molecule has 0 aromatic heterocycles. The van der Waals surface area contributed by atoms with Crippen LogP contribution in [0, 0.1) is 11.6 Å². The van der Waals surface area contributed by atoms with Gasteiger partial charge in [-0.05, 0) is 49.2 Å². The molecule has 0 saturated heterocycles. The second-order valence-corrected chi connectivity index (χ2v) is 6.14. The second-order valence-electron chi connectivity index (χ2n) is 6.14. The smallest absolute Gasteiger partial charge is 0.242 e. The van der Waals surface area contributed by atoms with E-state index >= 15 is 0 Å². The number of likely N-dealkylation sites (N-methyl/N-ethyl adjacent to an activating group) is 1. The Morgan fingerprint density at radius 3 is 1.61 bits per heavy atom. The maximum atomic E-state index is 13.2. The summed E-state index contributed by atoms with van der Waals surface area (Å²) in [5.74, 6) is -0.990. The molecule has 0 aliphatic carbocycles. The van der Waals surface area contributed by atoms with Crippen LogP contribution in [-0.2, 0) is 4.79 Å². The summed E-state index contributed by atoms with van der Waals surface area (Å²) in [6, 6.07) is 11.3. The predicted molar refractivity (Wildman–Crippen MR) is 85.7 cm³/mol. The molecule has 2 aromatic carbocycles. The quantitative estimate of drug-likeness (QED) is 0.940. The van der Waals surface area contributed by atoms with E-state index in [0.29, 0.717) is 0 Å². The first-order chi connectivity index (χ1) is 10.7. The molecule has 0 aliphatic rings. The zero-order valence-corrected chi connectivity index (χ0v) is 13.4. The van der Waals surface area contributed by atoms with Gasteiger partial charge in [0.1, 0.15) is 11.6 Å². The first-order valence-corrected chi connectivity index (χ1v) is 7.27. The summed E-state index contributed by atoms with van der Waals surface area (Å²) in [7, 11) is 1.63. The van der Waals surface area contributed by atoms with Crippen molar-refractivity contribution in [1.29, 1.82) is 0 Å². The molecule has 2 rings (SSSR count). The van der Waals surface area contributed by atoms with Crippen LogP contribution in [-0.4, -0.2) is 23.4 Å². The molecule has 1 amide bonds. The van der Waals surface area contributed by atoms with Gasteiger partial charge >= 0.3 is 0 Å². The summed E-state index contributed by atoms with van der Waals surface area (Å²) < 4.78 is 26.4. The van der Waals surface area contributed by atoms with Gasteiger partial charge in [-0.3, -0.25) is 4.79 Å². The fraction of sp³-hybridized carbons (Fsp3) is 0.278. The number of hydrogen-bond acceptors (Lipinski definition) is 2. The molecule has 0 aliphatic heterocycles. The Hall–Kier alpha value is -2.27. The van der Waals surface area contributed by atoms with Gasteiger partial charge in [-0.25, -0.2) is 8.78 Å². The zero-order chi connectivity index (χ0) is 17.2. The summed E-state index contributed by atoms with van der Waals surface area (Å²) in [5, 5.41) is 0. The van der Waals surface area contributed by atoms with E-state index in [0.717, 1.165) is 11.1 Å². The Labute approximate surface area is 134 Å². The summed E-state index contributed by atoms with van der Waals surface area (Å²) in [6.45, 7) is 3.25. The van der Waals surface area contributed by atoms with Crippen LogP contribution in [0.4, 0.5) is 8.78 Å². The van der Waals surface area contributed by atoms with E-state index in [1.807, 2.05) is 0 Å². The average Bonchev–Trinajstić information content (AvgIpc) is 2.49. The Bertz CT molecular complexity index is 630. The van der Waals surface area contributed by atoms with Crippen molar-refractivity contribution in [2.75, 3.05) is 7.05 Å². The minimum Gasteiger partial charge on any atom is -0.333 e. The van der Waals surface area contributed by atoms with E-state index < -0.39 is 11.6 Å². The number of carbonyl (C=O) groups is 1. The minimum absolute atomic E-state index is 0.267. The molecule has 3 nitrogen and oxygen atoms in total. The van der Waals surface area contributed by atoms with Crippen molar-refractivity contribution in [2.24, 2.45) is 5.73 Å². The van der Waals surface area contributed by atoms with Crippen LogP contribution in [0.25, 0.3) is 0 Å². The number of nitrogens with two attached hydrogens (primary N) is 1. The molecule has 2 N–H and O–H groups in total. The SMILES string of the molecule is CN(C(=O)C(C)(C)N)C(c1ccc(F)cc1)c1ccc(F)cc1. The van der Waals surface area contributed by atoms with E-state index in [1.54, 1.807) is 45.2 Å². The number of amides is 1. The lowest BCUT2D eigenvalue weighted by atomic mass is 9.95. The van der Waals surface area contributed by atoms with Gasteiger partial charge in [-0.2, -0.15) is 0 Å². The van der Waals surface area contributed by atoms with Crippen molar-refractivity contribution >= 4 is 5.91 Å². The summed E-state index contributed by atoms with van der Waals surface area (Å²) in [4.78, 5) is 14.0. The van der Waals surface area contributed by atoms with Crippen LogP contribution in [0.15, 0.2) is 48.5 Å². The normalized spacial score (nSPS) is 11.6. The van der Waals surface area contributed by atoms with Crippen LogP contribution < -0.4 is 5.73 Å². The lowest BCUT2D eigenvalue weighted by molar-refractivity contribution is -0.136. The standard InChI is InChI=1S/C18H20F2N2O/c1-18(2,21)17(23)22(3)16(12-4-8-14(19)9-5-12)13-6-10-15(20)11-7-13/h4-11,16H,21H2,1-3H3. The molecule has 5 heteroatoms. The van der Waals surface area contributed by atoms with Crippen LogP contribution >= 0.6 is 0 Å². The third kappa shape index (κ3) is 3.93. The Morgan fingerprint density at radius 1 is 0.957 bits per heavy atom. The van der Waals surface area contributed by atoms with Crippen molar-refractivity contribution < 1.29 is 13.6 Å². The van der Waals surface area contributed by atoms with Crippen molar-refractivity contribution in [3.05, 3.63) is 71.3 Å². The van der Waals surface area contributed by atoms with Gasteiger partial charge in [0.2, 0.25) is 5.91 Å². The molecule has 23 heavy (non-hydrogen) atoms. The van der Waals surface area contributed by atoms with Crippen molar-refractivity contribution in [3.8, 4) is 0 Å². The van der Waals surface area contributed by atoms with Gasteiger partial charge in [0.15, 0.2) is 0 Å². The first kappa shape index (κ1) is 17.1. The highest BCUT2D eigenvalue weighted by atomic mass is 19.1. The van der Waals surface area contributed by atoms with E-state index in [2.05, 4.69) is 0 Å². The zero-order valence-electron chi connectivity index (χ0n) is 13.4. The fourth-order valence-electron chi connectivity index (χ4n) is 2.50. The van der Waals surface area contributed by atoms with E-state index in [1.165, 1.54) is 29.2 Å². The molecule has 0 unspecified atom stereocenters. The van der Waals surface area contributed by atoms with Gasteiger partial charge in [0, 0.05) is 7.05 Å². The first-order valence-electron chi connectivity index (χ1n) is 7.27. The van der Waals surface area contributed by atoms with Crippen molar-refractivity contribution in [3.63, 3.8) is 0 Å². The average molecular weight is 318 g/mol. The summed E-state index contributed by atoms with van der Waals surface area (Å²) in [6.07, 6.45) is 0. The molecular formula is C18H20F2N2O. The Morgan fingerprint density at radius 2 is 1.30 bits per heavy atom. The highest BCUT2D eigenvalue weighted by molar-refractivity contribution is 5.85. The van der Waals surface area contributed by atoms with E-state index in [4.69, 9.17) is 5.73 Å². The van der Waals surface area contributed by atoms with Gasteiger partial charge in [-0.1, -0.05) is 24.3 Å². The summed E-state index contributed by atoms with van der Waals surface area (Å²) in [5.41, 5.74) is 6.30. The number of halogens is 2. The van der Waals surface area contributed by atoms with E-state index in [-0.39, 0.29) is 17.5 Å². The lowest BCUT2D eigenvalue weighted by Crippen LogP contribution is -2.50. The van der Waals surface area contributed by atoms with Crippen LogP contribution in [0.5, 0.6) is 0 Å². The van der Waals surface area contributed by atoms with Crippen LogP contribution in [0.2, 0.25) is 0 Å². The third-order valence-electron chi connectivity index (χ3n) is 3.63. The molecule has 2 aromatic rings. The number of benzene rings is 2. The third-order valence-corrected chi connectivity index (χ3v) is 3.63. The minimum atomic E-state index is -1.05. The number of nitrogens with zero attached hydrogens (tertiary/aromatic N) is 1. The van der Waals surface area contributed by atoms with E-state index in [9.17, 15) is 13.6 Å². The molecule has 0 atom stereocenters. The van der Waals surface area contributed by atoms with Crippen molar-refractivity contribution in [1.82, 2.24) is 4.90 Å². The highest BCUT2D eigenvalue weighted by Crippen LogP contribution is 2.29. The van der Waals surface area contributed by atoms with Gasteiger partial charge < -0.3 is 10.6 Å². The van der Waals surface area contributed by atoms with Crippen molar-refractivity contribution in [2.45, 2.75) is 25.4 Å². The summed E-state index contributed by atoms with van der Waals surface area (Å²) >= 11 is 0. The monoisotopic (exact) mass is 318 g/mol. The molecule has 0 saturated carbocycles. The highest BCUT2D eigenvalue weighted by Gasteiger charge is 2.31. The molecular weight excluding hydrogens is 298 g/mol. The molecule has 122 valence electrons. The fourth-order valence-corrected chi connectivity index (χ4v) is 2.50. The topological polar surface area (TPSA) is 46.3 Å². The predicted octanol–water partition coefficient (Wildman–Crippen LogP) is 3.25.